The zero-order valence-electron chi connectivity index (χ0n) is 11.1. The number of nitrogens with one attached hydrogen (secondary N) is 1. The van der Waals surface area contributed by atoms with E-state index < -0.39 is 0 Å². The Morgan fingerprint density at radius 3 is 2.60 bits per heavy atom. The molecule has 0 aliphatic heterocycles. The molecule has 0 aromatic heterocycles. The van der Waals surface area contributed by atoms with Crippen LogP contribution < -0.4 is 11.1 Å². The lowest BCUT2D eigenvalue weighted by atomic mass is 10.1. The fraction of sp³-hybridized carbons (Fsp3) is 0.133. The van der Waals surface area contributed by atoms with Crippen LogP contribution in [0, 0.1) is 13.8 Å². The van der Waals surface area contributed by atoms with Crippen LogP contribution in [0.15, 0.2) is 34.8 Å². The van der Waals surface area contributed by atoms with Gasteiger partial charge in [-0.3, -0.25) is 4.79 Å². The van der Waals surface area contributed by atoms with Gasteiger partial charge in [-0.1, -0.05) is 33.6 Å². The summed E-state index contributed by atoms with van der Waals surface area (Å²) in [5, 5.41) is 3.44. The molecule has 5 heteroatoms. The molecule has 0 aliphatic rings. The average Bonchev–Trinajstić information content (AvgIpc) is 2.38. The summed E-state index contributed by atoms with van der Waals surface area (Å²) in [7, 11) is 0. The lowest BCUT2D eigenvalue weighted by Gasteiger charge is -2.11. The van der Waals surface area contributed by atoms with Crippen LogP contribution in [0.4, 0.5) is 11.4 Å². The molecule has 0 fully saturated rings. The fourth-order valence-corrected chi connectivity index (χ4v) is 2.46. The number of rotatable bonds is 2. The number of nitrogen functional groups attached to an aromatic ring is 1. The van der Waals surface area contributed by atoms with Gasteiger partial charge in [0.25, 0.3) is 5.91 Å². The quantitative estimate of drug-likeness (QED) is 0.778. The number of aryl methyl sites for hydroxylation is 1. The van der Waals surface area contributed by atoms with E-state index in [1.54, 1.807) is 18.2 Å². The van der Waals surface area contributed by atoms with Crippen LogP contribution in [0.5, 0.6) is 0 Å². The molecule has 0 spiro atoms. The number of hydrogen-bond acceptors (Lipinski definition) is 2. The number of amides is 1. The van der Waals surface area contributed by atoms with Crippen LogP contribution in [0.25, 0.3) is 0 Å². The van der Waals surface area contributed by atoms with Crippen molar-refractivity contribution in [1.82, 2.24) is 0 Å². The van der Waals surface area contributed by atoms with Gasteiger partial charge in [-0.2, -0.15) is 0 Å². The second-order valence-electron chi connectivity index (χ2n) is 4.59. The van der Waals surface area contributed by atoms with E-state index in [2.05, 4.69) is 21.2 Å². The van der Waals surface area contributed by atoms with E-state index in [0.717, 1.165) is 15.6 Å². The van der Waals surface area contributed by atoms with E-state index in [-0.39, 0.29) is 5.91 Å². The van der Waals surface area contributed by atoms with E-state index in [4.69, 9.17) is 17.3 Å². The monoisotopic (exact) mass is 352 g/mol. The summed E-state index contributed by atoms with van der Waals surface area (Å²) in [5.41, 5.74) is 9.35. The van der Waals surface area contributed by atoms with Gasteiger partial charge in [0.2, 0.25) is 0 Å². The summed E-state index contributed by atoms with van der Waals surface area (Å²) in [5.74, 6) is -0.213. The molecule has 104 valence electrons. The summed E-state index contributed by atoms with van der Waals surface area (Å²) in [4.78, 5) is 12.3. The highest BCUT2D eigenvalue weighted by atomic mass is 79.9. The molecular formula is C15H14BrClN2O. The average molecular weight is 354 g/mol. The van der Waals surface area contributed by atoms with Gasteiger partial charge in [0, 0.05) is 26.4 Å². The normalized spacial score (nSPS) is 10.4. The second kappa shape index (κ2) is 5.85. The Balaban J connectivity index is 2.30. The highest BCUT2D eigenvalue weighted by Gasteiger charge is 2.13. The van der Waals surface area contributed by atoms with Crippen molar-refractivity contribution < 1.29 is 4.79 Å². The van der Waals surface area contributed by atoms with Crippen LogP contribution in [0.3, 0.4) is 0 Å². The van der Waals surface area contributed by atoms with Gasteiger partial charge >= 0.3 is 0 Å². The van der Waals surface area contributed by atoms with E-state index in [1.807, 2.05) is 26.0 Å². The first-order valence-corrected chi connectivity index (χ1v) is 7.18. The molecule has 2 rings (SSSR count). The minimum absolute atomic E-state index is 0.213. The molecule has 3 N–H and O–H groups in total. The summed E-state index contributed by atoms with van der Waals surface area (Å²) in [6, 6.07) is 8.92. The Morgan fingerprint density at radius 2 is 1.95 bits per heavy atom. The maximum Gasteiger partial charge on any atom is 0.256 e. The van der Waals surface area contributed by atoms with Crippen LogP contribution >= 0.6 is 27.5 Å². The molecule has 2 aromatic carbocycles. The highest BCUT2D eigenvalue weighted by molar-refractivity contribution is 9.10. The maximum atomic E-state index is 12.3. The van der Waals surface area contributed by atoms with Crippen molar-refractivity contribution in [2.75, 3.05) is 11.1 Å². The van der Waals surface area contributed by atoms with Crippen molar-refractivity contribution >= 4 is 44.8 Å². The predicted octanol–water partition coefficient (Wildman–Crippen LogP) is 4.55. The lowest BCUT2D eigenvalue weighted by molar-refractivity contribution is 0.102. The Bertz CT molecular complexity index is 686. The topological polar surface area (TPSA) is 55.1 Å². The van der Waals surface area contributed by atoms with E-state index in [0.29, 0.717) is 22.0 Å². The van der Waals surface area contributed by atoms with Crippen molar-refractivity contribution in [2.45, 2.75) is 13.8 Å². The molecule has 20 heavy (non-hydrogen) atoms. The number of halogens is 2. The Kier molecular flexibility index (Phi) is 4.35. The van der Waals surface area contributed by atoms with Crippen molar-refractivity contribution in [2.24, 2.45) is 0 Å². The molecule has 0 unspecified atom stereocenters. The molecule has 0 heterocycles. The van der Waals surface area contributed by atoms with Gasteiger partial charge in [0.05, 0.1) is 0 Å². The minimum Gasteiger partial charge on any atom is -0.398 e. The Labute approximate surface area is 131 Å². The standard InChI is InChI=1S/C15H14BrClN2O/c1-8-3-4-11(7-13(8)17)19-15(20)12-5-10(16)6-14(18)9(12)2/h3-7H,18H2,1-2H3,(H,19,20). The van der Waals surface area contributed by atoms with E-state index >= 15 is 0 Å². The first-order chi connectivity index (χ1) is 9.38. The van der Waals surface area contributed by atoms with Gasteiger partial charge in [0.15, 0.2) is 0 Å². The molecule has 0 radical (unpaired) electrons. The number of anilines is 2. The number of nitrogens with two attached hydrogens (primary N) is 1. The van der Waals surface area contributed by atoms with Gasteiger partial charge in [-0.25, -0.2) is 0 Å². The minimum atomic E-state index is -0.213. The van der Waals surface area contributed by atoms with Crippen molar-refractivity contribution in [1.29, 1.82) is 0 Å². The molecular weight excluding hydrogens is 340 g/mol. The Morgan fingerprint density at radius 1 is 1.25 bits per heavy atom. The van der Waals surface area contributed by atoms with Gasteiger partial charge in [-0.15, -0.1) is 0 Å². The van der Waals surface area contributed by atoms with Crippen LogP contribution in [0.2, 0.25) is 5.02 Å². The summed E-state index contributed by atoms with van der Waals surface area (Å²) < 4.78 is 0.771. The van der Waals surface area contributed by atoms with Gasteiger partial charge < -0.3 is 11.1 Å². The maximum absolute atomic E-state index is 12.3. The zero-order valence-corrected chi connectivity index (χ0v) is 13.5. The van der Waals surface area contributed by atoms with Crippen LogP contribution in [0.1, 0.15) is 21.5 Å². The first-order valence-electron chi connectivity index (χ1n) is 6.01. The molecule has 0 bridgehead atoms. The van der Waals surface area contributed by atoms with E-state index in [9.17, 15) is 4.79 Å². The third-order valence-corrected chi connectivity index (χ3v) is 3.95. The van der Waals surface area contributed by atoms with Crippen LogP contribution in [-0.4, -0.2) is 5.91 Å². The zero-order chi connectivity index (χ0) is 14.9. The van der Waals surface area contributed by atoms with E-state index in [1.165, 1.54) is 0 Å². The van der Waals surface area contributed by atoms with Crippen molar-refractivity contribution in [3.8, 4) is 0 Å². The van der Waals surface area contributed by atoms with Crippen molar-refractivity contribution in [3.63, 3.8) is 0 Å². The number of carbonyl (C=O) groups excluding carboxylic acids is 1. The Hall–Kier alpha value is -1.52. The fourth-order valence-electron chi connectivity index (χ4n) is 1.81. The number of benzene rings is 2. The molecule has 0 saturated heterocycles. The second-order valence-corrected chi connectivity index (χ2v) is 5.91. The lowest BCUT2D eigenvalue weighted by Crippen LogP contribution is -2.14. The van der Waals surface area contributed by atoms with Crippen LogP contribution in [-0.2, 0) is 0 Å². The first kappa shape index (κ1) is 14.9. The number of hydrogen-bond donors (Lipinski definition) is 2. The van der Waals surface area contributed by atoms with Gasteiger partial charge in [0.1, 0.15) is 0 Å². The van der Waals surface area contributed by atoms with Gasteiger partial charge in [-0.05, 0) is 49.2 Å². The molecule has 0 saturated carbocycles. The smallest absolute Gasteiger partial charge is 0.256 e. The molecule has 2 aromatic rings. The molecule has 1 amide bonds. The largest absolute Gasteiger partial charge is 0.398 e. The van der Waals surface area contributed by atoms with Crippen molar-refractivity contribution in [3.05, 3.63) is 56.5 Å². The highest BCUT2D eigenvalue weighted by Crippen LogP contribution is 2.25. The molecule has 0 aliphatic carbocycles. The third kappa shape index (κ3) is 3.14. The number of carbonyl (C=O) groups is 1. The summed E-state index contributed by atoms with van der Waals surface area (Å²) in [6.45, 7) is 3.73. The molecule has 3 nitrogen and oxygen atoms in total. The SMILES string of the molecule is Cc1ccc(NC(=O)c2cc(Br)cc(N)c2C)cc1Cl. The summed E-state index contributed by atoms with van der Waals surface area (Å²) in [6.07, 6.45) is 0. The predicted molar refractivity (Wildman–Crippen MR) is 87.4 cm³/mol. The third-order valence-electron chi connectivity index (χ3n) is 3.09. The summed E-state index contributed by atoms with van der Waals surface area (Å²) >= 11 is 9.39. The molecule has 0 atom stereocenters.